The number of rotatable bonds is 7. The van der Waals surface area contributed by atoms with E-state index < -0.39 is 34.8 Å². The molecule has 8 rings (SSSR count). The fraction of sp³-hybridized carbons (Fsp3) is 0.289. The number of halogens is 2. The van der Waals surface area contributed by atoms with Gasteiger partial charge in [0.05, 0.1) is 17.3 Å². The normalized spacial score (nSPS) is 18.2. The number of phenols is 1. The van der Waals surface area contributed by atoms with Crippen molar-refractivity contribution in [2.45, 2.75) is 44.3 Å². The Morgan fingerprint density at radius 1 is 0.942 bits per heavy atom. The second-order valence-electron chi connectivity index (χ2n) is 13.5. The van der Waals surface area contributed by atoms with Crippen LogP contribution in [0.25, 0.3) is 33.5 Å². The van der Waals surface area contributed by atoms with Crippen LogP contribution in [0.4, 0.5) is 8.78 Å². The number of hydrogen-bond acceptors (Lipinski definition) is 8. The number of pyridine rings is 2. The molecule has 52 heavy (non-hydrogen) atoms. The Morgan fingerprint density at radius 2 is 1.75 bits per heavy atom. The number of amides is 1. The second-order valence-corrected chi connectivity index (χ2v) is 13.5. The van der Waals surface area contributed by atoms with Crippen LogP contribution in [0.15, 0.2) is 88.8 Å². The molecule has 6 aromatic rings. The predicted octanol–water partition coefficient (Wildman–Crippen LogP) is 4.16. The zero-order chi connectivity index (χ0) is 35.9. The van der Waals surface area contributed by atoms with E-state index in [-0.39, 0.29) is 28.5 Å². The summed E-state index contributed by atoms with van der Waals surface area (Å²) in [5.41, 5.74) is 1.97. The monoisotopic (exact) mass is 706 g/mol. The highest BCUT2D eigenvalue weighted by molar-refractivity contribution is 5.93. The number of phenolic OH excluding ortho intramolecular Hbond substituents is 1. The smallest absolute Gasteiger partial charge is 0.337 e. The lowest BCUT2D eigenvalue weighted by Gasteiger charge is -2.30. The number of piperazine rings is 1. The first kappa shape index (κ1) is 33.4. The fourth-order valence-electron chi connectivity index (χ4n) is 7.41. The van der Waals surface area contributed by atoms with Gasteiger partial charge in [-0.05, 0) is 73.2 Å². The van der Waals surface area contributed by atoms with Crippen molar-refractivity contribution in [3.63, 3.8) is 0 Å². The Labute approximate surface area is 296 Å². The van der Waals surface area contributed by atoms with E-state index in [0.29, 0.717) is 48.1 Å². The van der Waals surface area contributed by atoms with Crippen LogP contribution < -0.4 is 21.9 Å². The van der Waals surface area contributed by atoms with Crippen molar-refractivity contribution in [2.24, 2.45) is 0 Å². The largest absolute Gasteiger partial charge is 0.507 e. The molecule has 5 heterocycles. The van der Waals surface area contributed by atoms with Crippen LogP contribution in [0.5, 0.6) is 5.75 Å². The minimum Gasteiger partial charge on any atom is -0.507 e. The first-order chi connectivity index (χ1) is 25.2. The van der Waals surface area contributed by atoms with Crippen molar-refractivity contribution in [3.05, 3.63) is 123 Å². The zero-order valence-electron chi connectivity index (χ0n) is 28.1. The molecule has 2 fully saturated rings. The van der Waals surface area contributed by atoms with Crippen LogP contribution in [0.1, 0.15) is 47.8 Å². The molecule has 4 aromatic heterocycles. The first-order valence-corrected chi connectivity index (χ1v) is 17.4. The van der Waals surface area contributed by atoms with Gasteiger partial charge in [-0.2, -0.15) is 0 Å². The van der Waals surface area contributed by atoms with E-state index in [0.717, 1.165) is 50.6 Å². The maximum absolute atomic E-state index is 14.5. The Bertz CT molecular complexity index is 2440. The van der Waals surface area contributed by atoms with Gasteiger partial charge in [0.1, 0.15) is 28.7 Å². The molecule has 1 saturated carbocycles. The number of hydrogen-bond donors (Lipinski definition) is 3. The summed E-state index contributed by atoms with van der Waals surface area (Å²) in [4.78, 5) is 51.9. The summed E-state index contributed by atoms with van der Waals surface area (Å²) in [5, 5.41) is 17.4. The van der Waals surface area contributed by atoms with Gasteiger partial charge < -0.3 is 20.1 Å². The Hall–Kier alpha value is -5.73. The van der Waals surface area contributed by atoms with E-state index in [1.807, 2.05) is 18.2 Å². The molecule has 14 heteroatoms. The summed E-state index contributed by atoms with van der Waals surface area (Å²) in [6.07, 6.45) is 5.43. The van der Waals surface area contributed by atoms with Crippen molar-refractivity contribution >= 4 is 22.6 Å². The summed E-state index contributed by atoms with van der Waals surface area (Å²) in [5.74, 6) is -1.46. The number of carbonyl (C=O) groups is 1. The number of imidazole rings is 1. The van der Waals surface area contributed by atoms with E-state index in [1.54, 1.807) is 24.3 Å². The summed E-state index contributed by atoms with van der Waals surface area (Å²) in [7, 11) is 0. The molecular weight excluding hydrogens is 670 g/mol. The molecule has 1 aliphatic heterocycles. The number of aromatic nitrogens is 5. The van der Waals surface area contributed by atoms with Crippen LogP contribution in [0.3, 0.4) is 0 Å². The molecule has 3 N–H and O–H groups in total. The molecule has 0 unspecified atom stereocenters. The van der Waals surface area contributed by atoms with Gasteiger partial charge in [0.25, 0.3) is 11.5 Å². The van der Waals surface area contributed by atoms with Gasteiger partial charge in [-0.25, -0.2) is 28.1 Å². The molecule has 0 atom stereocenters. The van der Waals surface area contributed by atoms with Crippen LogP contribution in [-0.4, -0.2) is 71.6 Å². The number of nitrogens with one attached hydrogen (secondary N) is 2. The summed E-state index contributed by atoms with van der Waals surface area (Å²) < 4.78 is 32.1. The number of carbonyl (C=O) groups excluding carboxylic acids is 1. The Morgan fingerprint density at radius 3 is 2.54 bits per heavy atom. The molecule has 12 nitrogen and oxygen atoms in total. The standard InChI is InChI=1S/C38H36F2N8O4/c39-25-5-11-34-44-32(22-46(34)21-25)36(50)43-27-6-8-28(9-7-27)48-37(51)31-18-26(40)19-42-35(31)47(38(48)52)29-3-1-2-24(17-29)30-10-4-23(16-33(30)49)20-45-14-12-41-13-15-45/h1-5,10-11,16-19,21-22,27-28,41,49H,6-9,12-15,20H2,(H,43,50)/t27-,28+. The second kappa shape index (κ2) is 13.8. The molecule has 0 spiro atoms. The third kappa shape index (κ3) is 6.46. The van der Waals surface area contributed by atoms with Gasteiger partial charge in [-0.1, -0.05) is 24.3 Å². The van der Waals surface area contributed by atoms with E-state index in [9.17, 15) is 28.3 Å². The summed E-state index contributed by atoms with van der Waals surface area (Å²) in [6.45, 7) is 4.43. The molecule has 1 amide bonds. The van der Waals surface area contributed by atoms with E-state index in [4.69, 9.17) is 0 Å². The molecule has 266 valence electrons. The van der Waals surface area contributed by atoms with Crippen LogP contribution in [0.2, 0.25) is 0 Å². The van der Waals surface area contributed by atoms with Crippen LogP contribution >= 0.6 is 0 Å². The van der Waals surface area contributed by atoms with Crippen molar-refractivity contribution < 1.29 is 18.7 Å². The lowest BCUT2D eigenvalue weighted by Crippen LogP contribution is -2.45. The Kier molecular flexibility index (Phi) is 8.85. The SMILES string of the molecule is O=C(N[C@H]1CC[C@@H](n2c(=O)c3cc(F)cnc3n(-c3cccc(-c4ccc(CN5CCNCC5)cc4O)c3)c2=O)CC1)c1cn2cc(F)ccc2n1. The predicted molar refractivity (Wildman–Crippen MR) is 191 cm³/mol. The summed E-state index contributed by atoms with van der Waals surface area (Å²) in [6, 6.07) is 15.7. The zero-order valence-corrected chi connectivity index (χ0v) is 28.1. The topological polar surface area (TPSA) is 139 Å². The third-order valence-electron chi connectivity index (χ3n) is 10.0. The maximum atomic E-state index is 14.5. The molecule has 1 saturated heterocycles. The van der Waals surface area contributed by atoms with Crippen molar-refractivity contribution in [1.82, 2.24) is 39.0 Å². The highest BCUT2D eigenvalue weighted by Gasteiger charge is 2.29. The van der Waals surface area contributed by atoms with Gasteiger partial charge in [0.2, 0.25) is 0 Å². The van der Waals surface area contributed by atoms with Gasteiger partial charge >= 0.3 is 5.69 Å². The molecule has 0 bridgehead atoms. The van der Waals surface area contributed by atoms with E-state index in [2.05, 4.69) is 25.5 Å². The number of fused-ring (bicyclic) bond motifs is 2. The van der Waals surface area contributed by atoms with E-state index in [1.165, 1.54) is 38.1 Å². The molecule has 2 aliphatic rings. The molecular formula is C38H36F2N8O4. The van der Waals surface area contributed by atoms with Crippen molar-refractivity contribution in [3.8, 4) is 22.6 Å². The van der Waals surface area contributed by atoms with Gasteiger partial charge in [0, 0.05) is 62.8 Å². The molecule has 0 radical (unpaired) electrons. The molecule has 2 aromatic carbocycles. The number of nitrogens with zero attached hydrogens (tertiary/aromatic N) is 6. The lowest BCUT2D eigenvalue weighted by atomic mass is 9.90. The third-order valence-corrected chi connectivity index (χ3v) is 10.0. The number of benzene rings is 2. The Balaban J connectivity index is 1.07. The lowest BCUT2D eigenvalue weighted by molar-refractivity contribution is 0.0917. The van der Waals surface area contributed by atoms with E-state index >= 15 is 0 Å². The van der Waals surface area contributed by atoms with Gasteiger partial charge in [-0.3, -0.25) is 19.1 Å². The van der Waals surface area contributed by atoms with Crippen molar-refractivity contribution in [2.75, 3.05) is 26.2 Å². The molecule has 1 aliphatic carbocycles. The van der Waals surface area contributed by atoms with Crippen molar-refractivity contribution in [1.29, 1.82) is 0 Å². The summed E-state index contributed by atoms with van der Waals surface area (Å²) >= 11 is 0. The van der Waals surface area contributed by atoms with Gasteiger partial charge in [-0.15, -0.1) is 0 Å². The number of aromatic hydroxyl groups is 1. The van der Waals surface area contributed by atoms with Gasteiger partial charge in [0.15, 0.2) is 5.65 Å². The maximum Gasteiger partial charge on any atom is 0.337 e. The minimum absolute atomic E-state index is 0.0219. The highest BCUT2D eigenvalue weighted by Crippen LogP contribution is 2.32. The fourth-order valence-corrected chi connectivity index (χ4v) is 7.41. The average Bonchev–Trinajstić information content (AvgIpc) is 3.57. The first-order valence-electron chi connectivity index (χ1n) is 17.4. The quantitative estimate of drug-likeness (QED) is 0.225. The van der Waals surface area contributed by atoms with Crippen LogP contribution in [0, 0.1) is 11.6 Å². The average molecular weight is 707 g/mol. The highest BCUT2D eigenvalue weighted by atomic mass is 19.1. The van der Waals surface area contributed by atoms with Crippen LogP contribution in [-0.2, 0) is 6.54 Å². The minimum atomic E-state index is -0.706.